The van der Waals surface area contributed by atoms with Crippen LogP contribution in [0.15, 0.2) is 23.8 Å². The monoisotopic (exact) mass is 168 g/mol. The third-order valence-corrected chi connectivity index (χ3v) is 1.30. The number of hydrogen-bond donors (Lipinski definition) is 0. The summed E-state index contributed by atoms with van der Waals surface area (Å²) in [5, 5.41) is 0. The van der Waals surface area contributed by atoms with Crippen LogP contribution < -0.4 is 0 Å². The van der Waals surface area contributed by atoms with Crippen molar-refractivity contribution in [2.75, 3.05) is 6.61 Å². The summed E-state index contributed by atoms with van der Waals surface area (Å²) in [7, 11) is 0. The number of allylic oxidation sites excluding steroid dienone is 3. The topological polar surface area (TPSA) is 26.3 Å². The second-order valence-electron chi connectivity index (χ2n) is 2.44. The second-order valence-corrected chi connectivity index (χ2v) is 2.44. The van der Waals surface area contributed by atoms with Crippen LogP contribution in [0.25, 0.3) is 0 Å². The van der Waals surface area contributed by atoms with Gasteiger partial charge in [0.25, 0.3) is 0 Å². The van der Waals surface area contributed by atoms with E-state index in [4.69, 9.17) is 4.74 Å². The summed E-state index contributed by atoms with van der Waals surface area (Å²) in [5.41, 5.74) is 1.09. The lowest BCUT2D eigenvalue weighted by atomic mass is 10.2. The largest absolute Gasteiger partial charge is 0.463 e. The smallest absolute Gasteiger partial charge is 0.330 e. The molecule has 0 amide bonds. The first-order valence-corrected chi connectivity index (χ1v) is 4.22. The van der Waals surface area contributed by atoms with E-state index < -0.39 is 0 Å². The van der Waals surface area contributed by atoms with Crippen LogP contribution in [0.2, 0.25) is 0 Å². The molecule has 0 saturated carbocycles. The maximum absolute atomic E-state index is 10.8. The quantitative estimate of drug-likeness (QED) is 0.366. The van der Waals surface area contributed by atoms with E-state index in [1.165, 1.54) is 6.08 Å². The molecule has 0 fully saturated rings. The molecule has 0 heterocycles. The Kier molecular flexibility index (Phi) is 6.07. The molecule has 0 N–H and O–H groups in total. The minimum atomic E-state index is -0.277. The van der Waals surface area contributed by atoms with Crippen molar-refractivity contribution in [2.24, 2.45) is 0 Å². The Balaban J connectivity index is 3.89. The van der Waals surface area contributed by atoms with Gasteiger partial charge in [0, 0.05) is 6.08 Å². The molecule has 0 rings (SSSR count). The molecule has 0 bridgehead atoms. The molecule has 2 heteroatoms. The average molecular weight is 168 g/mol. The van der Waals surface area contributed by atoms with Crippen LogP contribution in [0.4, 0.5) is 0 Å². The van der Waals surface area contributed by atoms with Crippen LogP contribution >= 0.6 is 0 Å². The summed E-state index contributed by atoms with van der Waals surface area (Å²) < 4.78 is 4.72. The number of hydrogen-bond acceptors (Lipinski definition) is 2. The summed E-state index contributed by atoms with van der Waals surface area (Å²) in [6.45, 7) is 6.24. The van der Waals surface area contributed by atoms with Crippen molar-refractivity contribution in [3.63, 3.8) is 0 Å². The van der Waals surface area contributed by atoms with E-state index in [9.17, 15) is 4.79 Å². The van der Waals surface area contributed by atoms with Crippen LogP contribution in [-0.4, -0.2) is 12.6 Å². The zero-order valence-corrected chi connectivity index (χ0v) is 7.96. The van der Waals surface area contributed by atoms with E-state index >= 15 is 0 Å². The van der Waals surface area contributed by atoms with Gasteiger partial charge in [0.15, 0.2) is 0 Å². The average Bonchev–Trinajstić information content (AvgIpc) is 2.02. The van der Waals surface area contributed by atoms with Gasteiger partial charge in [0.2, 0.25) is 0 Å². The second kappa shape index (κ2) is 6.65. The van der Waals surface area contributed by atoms with Crippen molar-refractivity contribution in [2.45, 2.75) is 27.2 Å². The lowest BCUT2D eigenvalue weighted by Crippen LogP contribution is -1.98. The van der Waals surface area contributed by atoms with Gasteiger partial charge >= 0.3 is 5.97 Å². The molecule has 0 aromatic rings. The Morgan fingerprint density at radius 3 is 2.50 bits per heavy atom. The highest BCUT2D eigenvalue weighted by Gasteiger charge is 1.91. The molecule has 2 nitrogen and oxygen atoms in total. The van der Waals surface area contributed by atoms with E-state index in [2.05, 4.69) is 13.0 Å². The number of rotatable bonds is 4. The van der Waals surface area contributed by atoms with Gasteiger partial charge in [-0.25, -0.2) is 4.79 Å². The highest BCUT2D eigenvalue weighted by Crippen LogP contribution is 1.96. The first kappa shape index (κ1) is 11.0. The van der Waals surface area contributed by atoms with Gasteiger partial charge in [-0.1, -0.05) is 24.6 Å². The van der Waals surface area contributed by atoms with Crippen LogP contribution in [0, 0.1) is 0 Å². The fourth-order valence-corrected chi connectivity index (χ4v) is 0.780. The summed E-state index contributed by atoms with van der Waals surface area (Å²) in [5.74, 6) is -0.277. The maximum Gasteiger partial charge on any atom is 0.330 e. The van der Waals surface area contributed by atoms with Crippen LogP contribution in [0.5, 0.6) is 0 Å². The molecule has 0 spiro atoms. The lowest BCUT2D eigenvalue weighted by molar-refractivity contribution is -0.137. The van der Waals surface area contributed by atoms with E-state index in [-0.39, 0.29) is 5.97 Å². The molecule has 12 heavy (non-hydrogen) atoms. The molecule has 0 radical (unpaired) electrons. The Morgan fingerprint density at radius 2 is 2.00 bits per heavy atom. The summed E-state index contributed by atoms with van der Waals surface area (Å²) in [6.07, 6.45) is 6.25. The Labute approximate surface area is 73.9 Å². The summed E-state index contributed by atoms with van der Waals surface area (Å²) in [4.78, 5) is 10.8. The van der Waals surface area contributed by atoms with Gasteiger partial charge in [0.1, 0.15) is 0 Å². The SMILES string of the molecule is CCC=C(C)C=CC(=O)OCC. The van der Waals surface area contributed by atoms with Gasteiger partial charge in [-0.05, 0) is 20.3 Å². The maximum atomic E-state index is 10.8. The first-order valence-electron chi connectivity index (χ1n) is 4.22. The molecule has 0 aliphatic carbocycles. The predicted molar refractivity (Wildman–Crippen MR) is 49.8 cm³/mol. The minimum Gasteiger partial charge on any atom is -0.463 e. The molecule has 68 valence electrons. The van der Waals surface area contributed by atoms with E-state index in [1.807, 2.05) is 6.92 Å². The van der Waals surface area contributed by atoms with Gasteiger partial charge in [-0.3, -0.25) is 0 Å². The van der Waals surface area contributed by atoms with Crippen molar-refractivity contribution in [3.05, 3.63) is 23.8 Å². The van der Waals surface area contributed by atoms with E-state index in [0.29, 0.717) is 6.61 Å². The molecule has 0 aliphatic heterocycles. The zero-order valence-electron chi connectivity index (χ0n) is 7.96. The van der Waals surface area contributed by atoms with E-state index in [1.54, 1.807) is 13.0 Å². The molecule has 0 aliphatic rings. The standard InChI is InChI=1S/C10H16O2/c1-4-6-9(3)7-8-10(11)12-5-2/h6-8H,4-5H2,1-3H3. The Morgan fingerprint density at radius 1 is 1.33 bits per heavy atom. The minimum absolute atomic E-state index is 0.277. The lowest BCUT2D eigenvalue weighted by Gasteiger charge is -1.94. The number of esters is 1. The van der Waals surface area contributed by atoms with Crippen molar-refractivity contribution < 1.29 is 9.53 Å². The van der Waals surface area contributed by atoms with Crippen LogP contribution in [0.3, 0.4) is 0 Å². The van der Waals surface area contributed by atoms with Gasteiger partial charge < -0.3 is 4.74 Å². The normalized spacial score (nSPS) is 12.1. The molecular weight excluding hydrogens is 152 g/mol. The highest BCUT2D eigenvalue weighted by atomic mass is 16.5. The summed E-state index contributed by atoms with van der Waals surface area (Å²) >= 11 is 0. The molecule has 0 saturated heterocycles. The fourth-order valence-electron chi connectivity index (χ4n) is 0.780. The molecule has 0 aromatic carbocycles. The van der Waals surface area contributed by atoms with Crippen molar-refractivity contribution >= 4 is 5.97 Å². The molecule has 0 unspecified atom stereocenters. The Hall–Kier alpha value is -1.05. The van der Waals surface area contributed by atoms with E-state index in [0.717, 1.165) is 12.0 Å². The number of carbonyl (C=O) groups is 1. The molecule has 0 atom stereocenters. The number of ether oxygens (including phenoxy) is 1. The molecular formula is C10H16O2. The number of carbonyl (C=O) groups excluding carboxylic acids is 1. The Bertz CT molecular complexity index is 190. The van der Waals surface area contributed by atoms with Crippen LogP contribution in [-0.2, 0) is 9.53 Å². The third kappa shape index (κ3) is 5.71. The summed E-state index contributed by atoms with van der Waals surface area (Å²) in [6, 6.07) is 0. The van der Waals surface area contributed by atoms with Gasteiger partial charge in [0.05, 0.1) is 6.61 Å². The highest BCUT2D eigenvalue weighted by molar-refractivity contribution is 5.82. The fraction of sp³-hybridized carbons (Fsp3) is 0.500. The third-order valence-electron chi connectivity index (χ3n) is 1.30. The van der Waals surface area contributed by atoms with Gasteiger partial charge in [-0.2, -0.15) is 0 Å². The van der Waals surface area contributed by atoms with Crippen LogP contribution in [0.1, 0.15) is 27.2 Å². The predicted octanol–water partition coefficient (Wildman–Crippen LogP) is 2.46. The van der Waals surface area contributed by atoms with Crippen molar-refractivity contribution in [3.8, 4) is 0 Å². The van der Waals surface area contributed by atoms with Crippen molar-refractivity contribution in [1.29, 1.82) is 0 Å². The first-order chi connectivity index (χ1) is 5.70. The zero-order chi connectivity index (χ0) is 9.40. The van der Waals surface area contributed by atoms with Crippen molar-refractivity contribution in [1.82, 2.24) is 0 Å². The van der Waals surface area contributed by atoms with Gasteiger partial charge in [-0.15, -0.1) is 0 Å². The molecule has 0 aromatic heterocycles.